The Kier molecular flexibility index (Phi) is 3.63. The van der Waals surface area contributed by atoms with E-state index in [0.717, 1.165) is 6.54 Å². The third kappa shape index (κ3) is 2.87. The molecule has 18 heavy (non-hydrogen) atoms. The molecule has 2 N–H and O–H groups in total. The molecule has 1 aliphatic rings. The molecule has 3 nitrogen and oxygen atoms in total. The zero-order chi connectivity index (χ0) is 13.0. The van der Waals surface area contributed by atoms with Crippen LogP contribution in [0, 0.1) is 5.41 Å². The molecule has 0 atom stereocenters. The first-order chi connectivity index (χ1) is 8.59. The van der Waals surface area contributed by atoms with Gasteiger partial charge in [0.15, 0.2) is 0 Å². The lowest BCUT2D eigenvalue weighted by molar-refractivity contribution is -0.125. The van der Waals surface area contributed by atoms with E-state index in [2.05, 4.69) is 59.4 Å². The van der Waals surface area contributed by atoms with Gasteiger partial charge in [0.05, 0.1) is 5.41 Å². The fourth-order valence-corrected chi connectivity index (χ4v) is 1.73. The Morgan fingerprint density at radius 3 is 1.61 bits per heavy atom. The lowest BCUT2D eigenvalue weighted by Crippen LogP contribution is -2.28. The van der Waals surface area contributed by atoms with Gasteiger partial charge >= 0.3 is 0 Å². The van der Waals surface area contributed by atoms with Gasteiger partial charge in [-0.05, 0) is 24.6 Å². The molecule has 0 saturated carbocycles. The Balaban J connectivity index is 0.000000138. The topological polar surface area (TPSA) is 41.1 Å². The Morgan fingerprint density at radius 2 is 1.39 bits per heavy atom. The van der Waals surface area contributed by atoms with Crippen LogP contribution in [0.5, 0.6) is 0 Å². The van der Waals surface area contributed by atoms with Crippen LogP contribution in [0.4, 0.5) is 0 Å². The molecule has 2 aromatic carbocycles. The molecule has 0 unspecified atom stereocenters. The summed E-state index contributed by atoms with van der Waals surface area (Å²) in [7, 11) is 0. The van der Waals surface area contributed by atoms with Gasteiger partial charge in [-0.1, -0.05) is 48.5 Å². The van der Waals surface area contributed by atoms with Gasteiger partial charge in [0.25, 0.3) is 0 Å². The molecule has 1 saturated heterocycles. The maximum absolute atomic E-state index is 10.7. The molecule has 0 aliphatic carbocycles. The Labute approximate surface area is 107 Å². The van der Waals surface area contributed by atoms with Crippen LogP contribution < -0.4 is 10.9 Å². The highest BCUT2D eigenvalue weighted by Gasteiger charge is 2.32. The van der Waals surface area contributed by atoms with Crippen molar-refractivity contribution in [3.05, 3.63) is 48.5 Å². The van der Waals surface area contributed by atoms with E-state index < -0.39 is 0 Å². The zero-order valence-corrected chi connectivity index (χ0v) is 10.7. The normalized spacial score (nSPS) is 16.9. The van der Waals surface area contributed by atoms with Crippen LogP contribution >= 0.6 is 0 Å². The summed E-state index contributed by atoms with van der Waals surface area (Å²) in [5.74, 6) is 0.0810. The minimum Gasteiger partial charge on any atom is -0.291 e. The van der Waals surface area contributed by atoms with E-state index in [0.29, 0.717) is 0 Å². The molecule has 0 aromatic heterocycles. The summed E-state index contributed by atoms with van der Waals surface area (Å²) in [5.41, 5.74) is 5.08. The van der Waals surface area contributed by atoms with Crippen molar-refractivity contribution in [1.29, 1.82) is 0 Å². The summed E-state index contributed by atoms with van der Waals surface area (Å²) in [5, 5.41) is 2.62. The van der Waals surface area contributed by atoms with E-state index in [1.807, 2.05) is 13.8 Å². The number of amides is 1. The molecular weight excluding hydrogens is 224 g/mol. The number of hydrogen-bond donors (Lipinski definition) is 2. The first-order valence-electron chi connectivity index (χ1n) is 6.07. The molecule has 1 aliphatic heterocycles. The summed E-state index contributed by atoms with van der Waals surface area (Å²) in [4.78, 5) is 10.7. The van der Waals surface area contributed by atoms with Crippen molar-refractivity contribution in [1.82, 2.24) is 10.9 Å². The molecule has 1 fully saturated rings. The molecule has 3 rings (SSSR count). The Bertz CT molecular complexity index is 483. The molecule has 0 bridgehead atoms. The van der Waals surface area contributed by atoms with Crippen LogP contribution in [0.3, 0.4) is 0 Å². The Hall–Kier alpha value is -1.87. The summed E-state index contributed by atoms with van der Waals surface area (Å²) in [6.07, 6.45) is 0. The fraction of sp³-hybridized carbons (Fsp3) is 0.267. The standard InChI is InChI=1S/C10H8.C5H10N2O/c1-2-6-10-8-4-3-7-9(10)5-1;1-5(2)3-6-7-4(5)8/h1-8H;6H,3H2,1-2H3,(H,7,8). The van der Waals surface area contributed by atoms with Gasteiger partial charge in [-0.3, -0.25) is 10.2 Å². The van der Waals surface area contributed by atoms with Crippen molar-refractivity contribution in [3.8, 4) is 0 Å². The van der Waals surface area contributed by atoms with E-state index in [-0.39, 0.29) is 11.3 Å². The third-order valence-corrected chi connectivity index (χ3v) is 3.01. The fourth-order valence-electron chi connectivity index (χ4n) is 1.73. The number of carbonyl (C=O) groups is 1. The quantitative estimate of drug-likeness (QED) is 0.745. The number of carbonyl (C=O) groups excluding carboxylic acids is 1. The SMILES string of the molecule is CC1(C)CNNC1=O.c1ccc2ccccc2c1. The summed E-state index contributed by atoms with van der Waals surface area (Å²) < 4.78 is 0. The Morgan fingerprint density at radius 1 is 0.944 bits per heavy atom. The van der Waals surface area contributed by atoms with Crippen molar-refractivity contribution in [2.75, 3.05) is 6.54 Å². The van der Waals surface area contributed by atoms with Crippen molar-refractivity contribution in [2.45, 2.75) is 13.8 Å². The van der Waals surface area contributed by atoms with Crippen molar-refractivity contribution >= 4 is 16.7 Å². The molecule has 2 aromatic rings. The number of benzene rings is 2. The minimum absolute atomic E-state index is 0.0810. The second kappa shape index (κ2) is 5.19. The highest BCUT2D eigenvalue weighted by Crippen LogP contribution is 2.15. The summed E-state index contributed by atoms with van der Waals surface area (Å²) in [6.45, 7) is 4.54. The minimum atomic E-state index is -0.208. The maximum atomic E-state index is 10.7. The second-order valence-corrected chi connectivity index (χ2v) is 5.04. The molecule has 0 spiro atoms. The zero-order valence-electron chi connectivity index (χ0n) is 10.7. The highest BCUT2D eigenvalue weighted by molar-refractivity contribution is 5.83. The van der Waals surface area contributed by atoms with Gasteiger partial charge in [0.2, 0.25) is 5.91 Å². The van der Waals surface area contributed by atoms with Crippen LogP contribution in [0.1, 0.15) is 13.8 Å². The lowest BCUT2D eigenvalue weighted by atomic mass is 9.95. The van der Waals surface area contributed by atoms with E-state index in [1.165, 1.54) is 10.8 Å². The van der Waals surface area contributed by atoms with Gasteiger partial charge in [0.1, 0.15) is 0 Å². The lowest BCUT2D eigenvalue weighted by Gasteiger charge is -2.08. The maximum Gasteiger partial charge on any atom is 0.241 e. The van der Waals surface area contributed by atoms with Gasteiger partial charge in [-0.15, -0.1) is 0 Å². The van der Waals surface area contributed by atoms with Crippen molar-refractivity contribution < 1.29 is 4.79 Å². The molecular formula is C15H18N2O. The van der Waals surface area contributed by atoms with Gasteiger partial charge in [0, 0.05) is 6.54 Å². The van der Waals surface area contributed by atoms with Crippen LogP contribution in [-0.4, -0.2) is 12.5 Å². The molecule has 1 heterocycles. The van der Waals surface area contributed by atoms with Crippen molar-refractivity contribution in [3.63, 3.8) is 0 Å². The van der Waals surface area contributed by atoms with Crippen LogP contribution in [-0.2, 0) is 4.79 Å². The summed E-state index contributed by atoms with van der Waals surface area (Å²) >= 11 is 0. The number of hydrazine groups is 1. The predicted octanol–water partition coefficient (Wildman–Crippen LogP) is 2.49. The largest absolute Gasteiger partial charge is 0.291 e. The number of fused-ring (bicyclic) bond motifs is 1. The van der Waals surface area contributed by atoms with Gasteiger partial charge in [-0.25, -0.2) is 5.43 Å². The van der Waals surface area contributed by atoms with E-state index in [9.17, 15) is 4.79 Å². The van der Waals surface area contributed by atoms with E-state index in [1.54, 1.807) is 0 Å². The van der Waals surface area contributed by atoms with Crippen LogP contribution in [0.2, 0.25) is 0 Å². The van der Waals surface area contributed by atoms with E-state index >= 15 is 0 Å². The molecule has 3 heteroatoms. The highest BCUT2D eigenvalue weighted by atomic mass is 16.2. The van der Waals surface area contributed by atoms with Crippen molar-refractivity contribution in [2.24, 2.45) is 5.41 Å². The molecule has 94 valence electrons. The third-order valence-electron chi connectivity index (χ3n) is 3.01. The second-order valence-electron chi connectivity index (χ2n) is 5.04. The van der Waals surface area contributed by atoms with Crippen LogP contribution in [0.25, 0.3) is 10.8 Å². The van der Waals surface area contributed by atoms with Crippen LogP contribution in [0.15, 0.2) is 48.5 Å². The average Bonchev–Trinajstić information content (AvgIpc) is 2.69. The van der Waals surface area contributed by atoms with Gasteiger partial charge < -0.3 is 0 Å². The molecule has 0 radical (unpaired) electrons. The number of nitrogens with one attached hydrogen (secondary N) is 2. The first kappa shape index (κ1) is 12.6. The number of rotatable bonds is 0. The molecule has 1 amide bonds. The van der Waals surface area contributed by atoms with Gasteiger partial charge in [-0.2, -0.15) is 0 Å². The average molecular weight is 242 g/mol. The predicted molar refractivity (Wildman–Crippen MR) is 73.9 cm³/mol. The monoisotopic (exact) mass is 242 g/mol. The van der Waals surface area contributed by atoms with E-state index in [4.69, 9.17) is 0 Å². The summed E-state index contributed by atoms with van der Waals surface area (Å²) in [6, 6.07) is 16.7. The smallest absolute Gasteiger partial charge is 0.241 e. The first-order valence-corrected chi connectivity index (χ1v) is 6.07. The number of hydrogen-bond acceptors (Lipinski definition) is 2.